The standard InChI is InChI=1S/C19H20BrFN2O/c20-18-12-16(21)7-6-15(18)13-23-10-8-17(9-11-23)22-19(24)14-4-2-1-3-5-14/h1-7,12,17H,8-11,13H2,(H,22,24). The molecular formula is C19H20BrFN2O. The summed E-state index contributed by atoms with van der Waals surface area (Å²) in [5, 5.41) is 3.11. The number of halogens is 2. The summed E-state index contributed by atoms with van der Waals surface area (Å²) in [6.45, 7) is 2.63. The van der Waals surface area contributed by atoms with Crippen molar-refractivity contribution in [1.82, 2.24) is 10.2 Å². The number of carbonyl (C=O) groups is 1. The highest BCUT2D eigenvalue weighted by Crippen LogP contribution is 2.21. The summed E-state index contributed by atoms with van der Waals surface area (Å²) >= 11 is 3.42. The van der Waals surface area contributed by atoms with Crippen LogP contribution in [0.3, 0.4) is 0 Å². The first kappa shape index (κ1) is 17.1. The van der Waals surface area contributed by atoms with Gasteiger partial charge in [0.05, 0.1) is 0 Å². The highest BCUT2D eigenvalue weighted by Gasteiger charge is 2.21. The molecule has 126 valence electrons. The van der Waals surface area contributed by atoms with Crippen molar-refractivity contribution in [2.75, 3.05) is 13.1 Å². The second-order valence-electron chi connectivity index (χ2n) is 6.13. The van der Waals surface area contributed by atoms with Gasteiger partial charge in [-0.1, -0.05) is 40.2 Å². The number of benzene rings is 2. The van der Waals surface area contributed by atoms with Crippen LogP contribution in [0.1, 0.15) is 28.8 Å². The highest BCUT2D eigenvalue weighted by atomic mass is 79.9. The Morgan fingerprint density at radius 3 is 2.54 bits per heavy atom. The molecule has 0 saturated carbocycles. The number of nitrogens with zero attached hydrogens (tertiary/aromatic N) is 1. The monoisotopic (exact) mass is 390 g/mol. The van der Waals surface area contributed by atoms with Crippen molar-refractivity contribution in [2.45, 2.75) is 25.4 Å². The minimum absolute atomic E-state index is 0.00432. The normalized spacial score (nSPS) is 16.1. The van der Waals surface area contributed by atoms with Gasteiger partial charge in [0.2, 0.25) is 0 Å². The summed E-state index contributed by atoms with van der Waals surface area (Å²) in [6.07, 6.45) is 1.86. The van der Waals surface area contributed by atoms with Crippen LogP contribution in [0.2, 0.25) is 0 Å². The van der Waals surface area contributed by atoms with E-state index in [1.54, 1.807) is 0 Å². The Balaban J connectivity index is 1.50. The number of likely N-dealkylation sites (tertiary alicyclic amines) is 1. The van der Waals surface area contributed by atoms with Gasteiger partial charge in [-0.25, -0.2) is 4.39 Å². The molecule has 1 heterocycles. The first-order chi connectivity index (χ1) is 11.6. The lowest BCUT2D eigenvalue weighted by atomic mass is 10.0. The van der Waals surface area contributed by atoms with E-state index in [0.717, 1.165) is 42.5 Å². The number of carbonyl (C=O) groups excluding carboxylic acids is 1. The van der Waals surface area contributed by atoms with E-state index in [1.165, 1.54) is 12.1 Å². The van der Waals surface area contributed by atoms with Crippen molar-refractivity contribution in [2.24, 2.45) is 0 Å². The lowest BCUT2D eigenvalue weighted by Gasteiger charge is -2.32. The van der Waals surface area contributed by atoms with E-state index in [-0.39, 0.29) is 17.8 Å². The molecular weight excluding hydrogens is 371 g/mol. The van der Waals surface area contributed by atoms with Gasteiger partial charge in [-0.05, 0) is 42.7 Å². The fourth-order valence-corrected chi connectivity index (χ4v) is 3.46. The van der Waals surface area contributed by atoms with E-state index in [2.05, 4.69) is 26.1 Å². The third kappa shape index (κ3) is 4.42. The largest absolute Gasteiger partial charge is 0.349 e. The second-order valence-corrected chi connectivity index (χ2v) is 6.98. The minimum atomic E-state index is -0.229. The van der Waals surface area contributed by atoms with Crippen LogP contribution in [-0.2, 0) is 6.54 Å². The van der Waals surface area contributed by atoms with E-state index in [0.29, 0.717) is 5.56 Å². The molecule has 0 aromatic heterocycles. The van der Waals surface area contributed by atoms with Gasteiger partial charge in [0.1, 0.15) is 5.82 Å². The van der Waals surface area contributed by atoms with Crippen molar-refractivity contribution >= 4 is 21.8 Å². The zero-order valence-corrected chi connectivity index (χ0v) is 14.9. The predicted molar refractivity (Wildman–Crippen MR) is 96.3 cm³/mol. The second kappa shape index (κ2) is 7.90. The minimum Gasteiger partial charge on any atom is -0.349 e. The van der Waals surface area contributed by atoms with Crippen molar-refractivity contribution in [3.63, 3.8) is 0 Å². The Morgan fingerprint density at radius 1 is 1.17 bits per heavy atom. The Kier molecular flexibility index (Phi) is 5.63. The lowest BCUT2D eigenvalue weighted by Crippen LogP contribution is -2.44. The molecule has 2 aromatic rings. The van der Waals surface area contributed by atoms with Gasteiger partial charge in [0.15, 0.2) is 0 Å². The highest BCUT2D eigenvalue weighted by molar-refractivity contribution is 9.10. The molecule has 24 heavy (non-hydrogen) atoms. The molecule has 5 heteroatoms. The van der Waals surface area contributed by atoms with Crippen LogP contribution in [0.25, 0.3) is 0 Å². The first-order valence-electron chi connectivity index (χ1n) is 8.14. The lowest BCUT2D eigenvalue weighted by molar-refractivity contribution is 0.0909. The SMILES string of the molecule is O=C(NC1CCN(Cc2ccc(F)cc2Br)CC1)c1ccccc1. The van der Waals surface area contributed by atoms with Crippen LogP contribution in [0.4, 0.5) is 4.39 Å². The van der Waals surface area contributed by atoms with Crippen molar-refractivity contribution in [3.8, 4) is 0 Å². The fraction of sp³-hybridized carbons (Fsp3) is 0.316. The maximum atomic E-state index is 13.2. The molecule has 0 spiro atoms. The van der Waals surface area contributed by atoms with E-state index in [1.807, 2.05) is 36.4 Å². The maximum Gasteiger partial charge on any atom is 0.251 e. The smallest absolute Gasteiger partial charge is 0.251 e. The summed E-state index contributed by atoms with van der Waals surface area (Å²) in [5.41, 5.74) is 1.79. The molecule has 3 rings (SSSR count). The Morgan fingerprint density at radius 2 is 1.88 bits per heavy atom. The first-order valence-corrected chi connectivity index (χ1v) is 8.93. The van der Waals surface area contributed by atoms with Crippen LogP contribution in [0.5, 0.6) is 0 Å². The third-order valence-corrected chi connectivity index (χ3v) is 5.11. The molecule has 1 aliphatic rings. The van der Waals surface area contributed by atoms with E-state index in [9.17, 15) is 9.18 Å². The number of hydrogen-bond donors (Lipinski definition) is 1. The van der Waals surface area contributed by atoms with Crippen LogP contribution in [0.15, 0.2) is 53.0 Å². The number of amides is 1. The number of hydrogen-bond acceptors (Lipinski definition) is 2. The molecule has 0 unspecified atom stereocenters. The molecule has 1 aliphatic heterocycles. The number of piperidine rings is 1. The molecule has 1 fully saturated rings. The van der Waals surface area contributed by atoms with E-state index >= 15 is 0 Å². The van der Waals surface area contributed by atoms with E-state index in [4.69, 9.17) is 0 Å². The fourth-order valence-electron chi connectivity index (χ4n) is 2.98. The van der Waals surface area contributed by atoms with Crippen molar-refractivity contribution in [3.05, 3.63) is 69.9 Å². The summed E-state index contributed by atoms with van der Waals surface area (Å²) in [6, 6.07) is 14.3. The molecule has 2 aromatic carbocycles. The molecule has 0 aliphatic carbocycles. The Bertz CT molecular complexity index is 700. The Labute approximate surface area is 150 Å². The summed E-state index contributed by atoms with van der Waals surface area (Å²) in [7, 11) is 0. The summed E-state index contributed by atoms with van der Waals surface area (Å²) < 4.78 is 14.0. The van der Waals surface area contributed by atoms with Gasteiger partial charge >= 0.3 is 0 Å². The zero-order chi connectivity index (χ0) is 16.9. The number of nitrogens with one attached hydrogen (secondary N) is 1. The molecule has 1 N–H and O–H groups in total. The summed E-state index contributed by atoms with van der Waals surface area (Å²) in [5.74, 6) is -0.233. The zero-order valence-electron chi connectivity index (χ0n) is 13.3. The van der Waals surface area contributed by atoms with Gasteiger partial charge in [0.25, 0.3) is 5.91 Å². The molecule has 1 saturated heterocycles. The van der Waals surface area contributed by atoms with Gasteiger partial charge in [0, 0.05) is 35.7 Å². The van der Waals surface area contributed by atoms with Crippen molar-refractivity contribution in [1.29, 1.82) is 0 Å². The predicted octanol–water partition coefficient (Wildman–Crippen LogP) is 3.98. The van der Waals surface area contributed by atoms with Gasteiger partial charge < -0.3 is 5.32 Å². The van der Waals surface area contributed by atoms with Gasteiger partial charge in [-0.15, -0.1) is 0 Å². The molecule has 3 nitrogen and oxygen atoms in total. The molecule has 0 bridgehead atoms. The molecule has 0 radical (unpaired) electrons. The average Bonchev–Trinajstić information content (AvgIpc) is 2.60. The van der Waals surface area contributed by atoms with Crippen LogP contribution < -0.4 is 5.32 Å². The number of rotatable bonds is 4. The topological polar surface area (TPSA) is 32.3 Å². The third-order valence-electron chi connectivity index (χ3n) is 4.37. The van der Waals surface area contributed by atoms with Gasteiger partial charge in [-0.2, -0.15) is 0 Å². The summed E-state index contributed by atoms with van der Waals surface area (Å²) in [4.78, 5) is 14.5. The van der Waals surface area contributed by atoms with Crippen LogP contribution >= 0.6 is 15.9 Å². The van der Waals surface area contributed by atoms with Gasteiger partial charge in [-0.3, -0.25) is 9.69 Å². The van der Waals surface area contributed by atoms with E-state index < -0.39 is 0 Å². The molecule has 1 amide bonds. The molecule has 0 atom stereocenters. The quantitative estimate of drug-likeness (QED) is 0.855. The van der Waals surface area contributed by atoms with Crippen LogP contribution in [0, 0.1) is 5.82 Å². The van der Waals surface area contributed by atoms with Crippen LogP contribution in [-0.4, -0.2) is 29.9 Å². The van der Waals surface area contributed by atoms with Crippen molar-refractivity contribution < 1.29 is 9.18 Å². The maximum absolute atomic E-state index is 13.2. The average molecular weight is 391 g/mol. The Hall–Kier alpha value is -1.72.